The van der Waals surface area contributed by atoms with E-state index in [4.69, 9.17) is 0 Å². The molecule has 0 radical (unpaired) electrons. The van der Waals surface area contributed by atoms with Crippen LogP contribution in [-0.4, -0.2) is 26.3 Å². The molecular formula is C14H21NO2S. The van der Waals surface area contributed by atoms with Crippen molar-refractivity contribution < 1.29 is 8.42 Å². The van der Waals surface area contributed by atoms with E-state index in [0.29, 0.717) is 10.9 Å². The zero-order valence-corrected chi connectivity index (χ0v) is 11.6. The summed E-state index contributed by atoms with van der Waals surface area (Å²) in [6.07, 6.45) is 3.58. The lowest BCUT2D eigenvalue weighted by molar-refractivity contribution is 0.520. The lowest BCUT2D eigenvalue weighted by Gasteiger charge is -2.13. The van der Waals surface area contributed by atoms with Crippen LogP contribution in [0.2, 0.25) is 0 Å². The molecule has 1 fully saturated rings. The van der Waals surface area contributed by atoms with Gasteiger partial charge in [0.15, 0.2) is 9.84 Å². The van der Waals surface area contributed by atoms with Gasteiger partial charge in [-0.2, -0.15) is 0 Å². The SMILES string of the molecule is CCCNC1CCC(S(=O)(=O)c2ccccc2)C1. The summed E-state index contributed by atoms with van der Waals surface area (Å²) < 4.78 is 24.9. The van der Waals surface area contributed by atoms with Gasteiger partial charge in [0.25, 0.3) is 0 Å². The van der Waals surface area contributed by atoms with Crippen LogP contribution in [0.4, 0.5) is 0 Å². The van der Waals surface area contributed by atoms with Gasteiger partial charge in [-0.1, -0.05) is 25.1 Å². The Labute approximate surface area is 110 Å². The summed E-state index contributed by atoms with van der Waals surface area (Å²) in [7, 11) is -3.14. The fraction of sp³-hybridized carbons (Fsp3) is 0.571. The lowest BCUT2D eigenvalue weighted by atomic mass is 10.2. The van der Waals surface area contributed by atoms with Gasteiger partial charge < -0.3 is 5.32 Å². The second-order valence-corrected chi connectivity index (χ2v) is 7.17. The number of hydrogen-bond donors (Lipinski definition) is 1. The highest BCUT2D eigenvalue weighted by molar-refractivity contribution is 7.92. The van der Waals surface area contributed by atoms with Gasteiger partial charge in [-0.05, 0) is 44.4 Å². The molecule has 1 saturated carbocycles. The molecule has 2 unspecified atom stereocenters. The smallest absolute Gasteiger partial charge is 0.181 e. The maximum Gasteiger partial charge on any atom is 0.181 e. The molecule has 0 spiro atoms. The summed E-state index contributed by atoms with van der Waals surface area (Å²) in [4.78, 5) is 0.464. The Bertz CT molecular complexity index is 470. The Balaban J connectivity index is 2.05. The number of hydrogen-bond acceptors (Lipinski definition) is 3. The molecular weight excluding hydrogens is 246 g/mol. The molecule has 0 aromatic heterocycles. The second kappa shape index (κ2) is 5.85. The molecule has 0 heterocycles. The average Bonchev–Trinajstić information content (AvgIpc) is 2.87. The molecule has 2 atom stereocenters. The van der Waals surface area contributed by atoms with Crippen LogP contribution in [0, 0.1) is 0 Å². The zero-order chi connectivity index (χ0) is 13.0. The standard InChI is InChI=1S/C14H21NO2S/c1-2-10-15-12-8-9-14(11-12)18(16,17)13-6-4-3-5-7-13/h3-7,12,14-15H,2,8-11H2,1H3. The second-order valence-electron chi connectivity index (χ2n) is 4.94. The van der Waals surface area contributed by atoms with Gasteiger partial charge in [0.1, 0.15) is 0 Å². The van der Waals surface area contributed by atoms with Crippen molar-refractivity contribution in [2.75, 3.05) is 6.54 Å². The maximum absolute atomic E-state index is 12.4. The van der Waals surface area contributed by atoms with Crippen molar-refractivity contribution in [2.45, 2.75) is 48.8 Å². The highest BCUT2D eigenvalue weighted by atomic mass is 32.2. The van der Waals surface area contributed by atoms with Crippen molar-refractivity contribution in [3.8, 4) is 0 Å². The third-order valence-corrected chi connectivity index (χ3v) is 5.81. The van der Waals surface area contributed by atoms with Crippen LogP contribution in [0.3, 0.4) is 0 Å². The van der Waals surface area contributed by atoms with Crippen molar-refractivity contribution >= 4 is 9.84 Å². The van der Waals surface area contributed by atoms with Gasteiger partial charge in [0.2, 0.25) is 0 Å². The van der Waals surface area contributed by atoms with E-state index in [0.717, 1.165) is 32.2 Å². The van der Waals surface area contributed by atoms with Crippen molar-refractivity contribution in [1.29, 1.82) is 0 Å². The van der Waals surface area contributed by atoms with Gasteiger partial charge >= 0.3 is 0 Å². The summed E-state index contributed by atoms with van der Waals surface area (Å²) in [5.74, 6) is 0. The number of nitrogens with one attached hydrogen (secondary N) is 1. The minimum absolute atomic E-state index is 0.214. The maximum atomic E-state index is 12.4. The van der Waals surface area contributed by atoms with Crippen molar-refractivity contribution in [1.82, 2.24) is 5.32 Å². The van der Waals surface area contributed by atoms with Gasteiger partial charge in [-0.15, -0.1) is 0 Å². The minimum Gasteiger partial charge on any atom is -0.314 e. The third kappa shape index (κ3) is 2.93. The van der Waals surface area contributed by atoms with E-state index in [-0.39, 0.29) is 5.25 Å². The molecule has 18 heavy (non-hydrogen) atoms. The lowest BCUT2D eigenvalue weighted by Crippen LogP contribution is -2.29. The van der Waals surface area contributed by atoms with Crippen LogP contribution < -0.4 is 5.32 Å². The van der Waals surface area contributed by atoms with Gasteiger partial charge in [-0.3, -0.25) is 0 Å². The summed E-state index contributed by atoms with van der Waals surface area (Å²) in [6.45, 7) is 3.10. The van der Waals surface area contributed by atoms with E-state index < -0.39 is 9.84 Å². The van der Waals surface area contributed by atoms with E-state index in [1.54, 1.807) is 24.3 Å². The van der Waals surface area contributed by atoms with Gasteiger partial charge in [0.05, 0.1) is 10.1 Å². The quantitative estimate of drug-likeness (QED) is 0.891. The Kier molecular flexibility index (Phi) is 4.40. The Morgan fingerprint density at radius 2 is 1.94 bits per heavy atom. The summed E-state index contributed by atoms with van der Waals surface area (Å²) >= 11 is 0. The third-order valence-electron chi connectivity index (χ3n) is 3.58. The first kappa shape index (κ1) is 13.6. The minimum atomic E-state index is -3.14. The predicted molar refractivity (Wildman–Crippen MR) is 73.3 cm³/mol. The zero-order valence-electron chi connectivity index (χ0n) is 10.8. The summed E-state index contributed by atoms with van der Waals surface area (Å²) in [5.41, 5.74) is 0. The predicted octanol–water partition coefficient (Wildman–Crippen LogP) is 2.38. The molecule has 0 saturated heterocycles. The molecule has 4 heteroatoms. The first-order valence-corrected chi connectivity index (χ1v) is 8.21. The number of rotatable bonds is 5. The van der Waals surface area contributed by atoms with Crippen molar-refractivity contribution in [2.24, 2.45) is 0 Å². The molecule has 100 valence electrons. The fourth-order valence-electron chi connectivity index (χ4n) is 2.56. The molecule has 1 aliphatic carbocycles. The van der Waals surface area contributed by atoms with E-state index in [1.807, 2.05) is 6.07 Å². The van der Waals surface area contributed by atoms with E-state index in [1.165, 1.54) is 0 Å². The molecule has 0 amide bonds. The molecule has 1 aliphatic rings. The van der Waals surface area contributed by atoms with Crippen LogP contribution in [0.25, 0.3) is 0 Å². The fourth-order valence-corrected chi connectivity index (χ4v) is 4.41. The highest BCUT2D eigenvalue weighted by Crippen LogP contribution is 2.29. The van der Waals surface area contributed by atoms with Crippen LogP contribution in [0.1, 0.15) is 32.6 Å². The summed E-state index contributed by atoms with van der Waals surface area (Å²) in [5, 5.41) is 3.21. The van der Waals surface area contributed by atoms with E-state index >= 15 is 0 Å². The Morgan fingerprint density at radius 3 is 2.61 bits per heavy atom. The topological polar surface area (TPSA) is 46.2 Å². The average molecular weight is 267 g/mol. The van der Waals surface area contributed by atoms with Gasteiger partial charge in [-0.25, -0.2) is 8.42 Å². The summed E-state index contributed by atoms with van der Waals surface area (Å²) in [6, 6.07) is 9.18. The molecule has 2 rings (SSSR count). The van der Waals surface area contributed by atoms with E-state index in [9.17, 15) is 8.42 Å². The Hall–Kier alpha value is -0.870. The van der Waals surface area contributed by atoms with E-state index in [2.05, 4.69) is 12.2 Å². The first-order chi connectivity index (χ1) is 8.64. The molecule has 1 aromatic carbocycles. The monoisotopic (exact) mass is 267 g/mol. The van der Waals surface area contributed by atoms with Gasteiger partial charge in [0, 0.05) is 6.04 Å². The van der Waals surface area contributed by atoms with Crippen LogP contribution in [0.15, 0.2) is 35.2 Å². The molecule has 1 aromatic rings. The van der Waals surface area contributed by atoms with Crippen LogP contribution in [0.5, 0.6) is 0 Å². The first-order valence-electron chi connectivity index (χ1n) is 6.67. The van der Waals surface area contributed by atoms with Crippen molar-refractivity contribution in [3.63, 3.8) is 0 Å². The van der Waals surface area contributed by atoms with Crippen LogP contribution in [-0.2, 0) is 9.84 Å². The molecule has 0 bridgehead atoms. The normalized spacial score (nSPS) is 24.3. The number of sulfone groups is 1. The molecule has 3 nitrogen and oxygen atoms in total. The Morgan fingerprint density at radius 1 is 1.22 bits per heavy atom. The number of benzene rings is 1. The molecule has 0 aliphatic heterocycles. The van der Waals surface area contributed by atoms with Crippen LogP contribution >= 0.6 is 0 Å². The highest BCUT2D eigenvalue weighted by Gasteiger charge is 2.34. The van der Waals surface area contributed by atoms with Crippen molar-refractivity contribution in [3.05, 3.63) is 30.3 Å². The molecule has 1 N–H and O–H groups in total. The largest absolute Gasteiger partial charge is 0.314 e.